The second-order valence-corrected chi connectivity index (χ2v) is 21.8. The van der Waals surface area contributed by atoms with Crippen molar-refractivity contribution in [2.75, 3.05) is 119 Å². The molecule has 0 saturated carbocycles. The topological polar surface area (TPSA) is 440 Å². The van der Waals surface area contributed by atoms with Crippen molar-refractivity contribution in [1.82, 2.24) is 31.9 Å². The zero-order valence-corrected chi connectivity index (χ0v) is 48.6. The highest BCUT2D eigenvalue weighted by Crippen LogP contribution is 2.31. The van der Waals surface area contributed by atoms with Crippen LogP contribution in [0.3, 0.4) is 0 Å². The van der Waals surface area contributed by atoms with Crippen molar-refractivity contribution < 1.29 is 117 Å². The van der Waals surface area contributed by atoms with E-state index in [-0.39, 0.29) is 122 Å². The van der Waals surface area contributed by atoms with Gasteiger partial charge in [0.1, 0.15) is 56.4 Å². The molecule has 0 aliphatic carbocycles. The van der Waals surface area contributed by atoms with Crippen LogP contribution in [0.2, 0.25) is 0 Å². The van der Waals surface area contributed by atoms with Crippen molar-refractivity contribution in [3.63, 3.8) is 0 Å². The first-order chi connectivity index (χ1) is 39.6. The summed E-state index contributed by atoms with van der Waals surface area (Å²) in [7, 11) is 0. The Kier molecular flexibility index (Phi) is 35.1. The fourth-order valence-corrected chi connectivity index (χ4v) is 9.41. The van der Waals surface area contributed by atoms with Crippen LogP contribution in [0.25, 0.3) is 0 Å². The van der Waals surface area contributed by atoms with Gasteiger partial charge >= 0.3 is 0 Å². The van der Waals surface area contributed by atoms with Gasteiger partial charge in [-0.25, -0.2) is 0 Å². The molecule has 15 atom stereocenters. The molecule has 0 aromatic heterocycles. The monoisotopic (exact) mass is 1200 g/mol. The van der Waals surface area contributed by atoms with E-state index in [9.17, 15) is 74.7 Å². The third-order valence-corrected chi connectivity index (χ3v) is 14.1. The van der Waals surface area contributed by atoms with Gasteiger partial charge in [0.2, 0.25) is 35.4 Å². The summed E-state index contributed by atoms with van der Waals surface area (Å²) in [5.41, 5.74) is -0.976. The Labute approximate surface area is 484 Å². The number of hydrogen-bond donors (Lipinski definition) is 15. The average Bonchev–Trinajstić information content (AvgIpc) is 3.66. The number of carbonyl (C=O) groups is 6. The first-order valence-corrected chi connectivity index (χ1v) is 28.6. The Balaban J connectivity index is 1.43. The van der Waals surface area contributed by atoms with Crippen LogP contribution in [-0.4, -0.2) is 274 Å². The number of nitrogens with one attached hydrogen (secondary N) is 6. The van der Waals surface area contributed by atoms with Crippen molar-refractivity contribution in [2.24, 2.45) is 29.1 Å². The summed E-state index contributed by atoms with van der Waals surface area (Å²) in [6, 6.07) is 0. The van der Waals surface area contributed by atoms with Gasteiger partial charge in [-0.2, -0.15) is 0 Å². The molecule has 0 spiro atoms. The lowest BCUT2D eigenvalue weighted by Crippen LogP contribution is -2.55. The van der Waals surface area contributed by atoms with Gasteiger partial charge in [0.25, 0.3) is 0 Å². The molecular weight excluding hydrogens is 1100 g/mol. The molecule has 3 heterocycles. The standard InChI is InChI=1S/C53H96N6O24/c1-31(2)21-53(28-75-25-41(66)57-15-12-54-38(63)9-6-18-78-50-32(3)44(69)47(72)35(22-60)81-50,29-76-26-42(67)58-16-13-55-39(64)10-7-19-79-51-33(4)45(70)48(73)36(23-61)82-51)30-77-27-43(68)59-17-14-56-40(65)11-8-20-80-52-34(5)46(71)49(74)37(24-62)83-52/h31-37,44-52,60-62,69-74H,6-30H2,1-5H3,(H,54,63)(H,55,64)(H,56,65)(H,57,66)(H,58,67)(H,59,68)/t32?,33?,34?,35?,36?,37?,44-,45-,46-,47+,48+,49+,50-,51-,52-,53?/m1/s1. The molecule has 3 saturated heterocycles. The summed E-state index contributed by atoms with van der Waals surface area (Å²) >= 11 is 0. The van der Waals surface area contributed by atoms with Gasteiger partial charge in [-0.3, -0.25) is 28.8 Å². The highest BCUT2D eigenvalue weighted by Gasteiger charge is 2.45. The van der Waals surface area contributed by atoms with E-state index in [0.717, 1.165) is 0 Å². The van der Waals surface area contributed by atoms with Gasteiger partial charge in [0.15, 0.2) is 18.9 Å². The maximum absolute atomic E-state index is 12.9. The molecule has 3 rings (SSSR count). The summed E-state index contributed by atoms with van der Waals surface area (Å²) in [5.74, 6) is -4.09. The smallest absolute Gasteiger partial charge is 0.246 e. The van der Waals surface area contributed by atoms with Crippen molar-refractivity contribution >= 4 is 35.4 Å². The van der Waals surface area contributed by atoms with Crippen LogP contribution in [0.1, 0.15) is 79.6 Å². The molecule has 3 aliphatic heterocycles. The molecular formula is C53H96N6O24. The van der Waals surface area contributed by atoms with Crippen LogP contribution < -0.4 is 31.9 Å². The van der Waals surface area contributed by atoms with E-state index in [0.29, 0.717) is 25.7 Å². The molecule has 482 valence electrons. The quantitative estimate of drug-likeness (QED) is 0.0254. The number of amides is 6. The maximum Gasteiger partial charge on any atom is 0.246 e. The normalized spacial score (nSPS) is 28.9. The number of carbonyl (C=O) groups excluding carboxylic acids is 6. The van der Waals surface area contributed by atoms with Gasteiger partial charge in [-0.05, 0) is 31.6 Å². The van der Waals surface area contributed by atoms with Crippen LogP contribution in [-0.2, 0) is 71.4 Å². The van der Waals surface area contributed by atoms with Crippen molar-refractivity contribution in [3.05, 3.63) is 0 Å². The van der Waals surface area contributed by atoms with Gasteiger partial charge in [0, 0.05) is 81.7 Å². The molecule has 0 aromatic rings. The number of ether oxygens (including phenoxy) is 9. The molecule has 0 radical (unpaired) electrons. The molecule has 83 heavy (non-hydrogen) atoms. The van der Waals surface area contributed by atoms with Crippen LogP contribution in [0, 0.1) is 29.1 Å². The van der Waals surface area contributed by atoms with Gasteiger partial charge < -0.3 is 120 Å². The molecule has 0 bridgehead atoms. The van der Waals surface area contributed by atoms with Crippen LogP contribution in [0.15, 0.2) is 0 Å². The SMILES string of the molecule is CC(C)CC(COCC(=O)NCCNC(=O)CCCO[C@@H]1OC(CO)[C@H](O)[C@H](O)C1C)(COCC(=O)NCCNC(=O)CCCO[C@@H]1OC(CO)[C@H](O)[C@H](O)C1C)COCC(=O)NCCNC(=O)CCCO[C@@H]1OC(CO)[C@H](O)[C@H](O)C1C. The lowest BCUT2D eigenvalue weighted by molar-refractivity contribution is -0.282. The molecule has 30 heteroatoms. The summed E-state index contributed by atoms with van der Waals surface area (Å²) < 4.78 is 51.2. The fraction of sp³-hybridized carbons (Fsp3) is 0.887. The minimum Gasteiger partial charge on any atom is -0.394 e. The molecule has 6 amide bonds. The van der Waals surface area contributed by atoms with Crippen molar-refractivity contribution in [2.45, 2.75) is 153 Å². The first kappa shape index (κ1) is 73.4. The van der Waals surface area contributed by atoms with Gasteiger partial charge in [-0.1, -0.05) is 34.6 Å². The predicted octanol–water partition coefficient (Wildman–Crippen LogP) is -5.62. The van der Waals surface area contributed by atoms with Crippen LogP contribution >= 0.6 is 0 Å². The van der Waals surface area contributed by atoms with E-state index in [1.165, 1.54) is 0 Å². The third-order valence-electron chi connectivity index (χ3n) is 14.1. The molecule has 6 unspecified atom stereocenters. The molecule has 3 fully saturated rings. The van der Waals surface area contributed by atoms with E-state index in [2.05, 4.69) is 31.9 Å². The summed E-state index contributed by atoms with van der Waals surface area (Å²) in [4.78, 5) is 75.9. The maximum atomic E-state index is 12.9. The largest absolute Gasteiger partial charge is 0.394 e. The second kappa shape index (κ2) is 39.7. The Morgan fingerprint density at radius 2 is 0.675 bits per heavy atom. The Morgan fingerprint density at radius 3 is 0.916 bits per heavy atom. The molecule has 0 aromatic carbocycles. The van der Waals surface area contributed by atoms with Crippen molar-refractivity contribution in [1.29, 1.82) is 0 Å². The lowest BCUT2D eigenvalue weighted by atomic mass is 9.82. The van der Waals surface area contributed by atoms with Gasteiger partial charge in [0.05, 0.1) is 77.8 Å². The van der Waals surface area contributed by atoms with Crippen molar-refractivity contribution in [3.8, 4) is 0 Å². The van der Waals surface area contributed by atoms with E-state index < -0.39 is 154 Å². The summed E-state index contributed by atoms with van der Waals surface area (Å²) in [6.07, 6.45) is -11.3. The molecule has 15 N–H and O–H groups in total. The highest BCUT2D eigenvalue weighted by atomic mass is 16.7. The third kappa shape index (κ3) is 26.7. The minimum absolute atomic E-state index is 0.0156. The number of aliphatic hydroxyl groups excluding tert-OH is 9. The van der Waals surface area contributed by atoms with E-state index in [1.807, 2.05) is 13.8 Å². The Hall–Kier alpha value is -3.90. The summed E-state index contributed by atoms with van der Waals surface area (Å²) in [5, 5.41) is 105. The van der Waals surface area contributed by atoms with Crippen LogP contribution in [0.4, 0.5) is 0 Å². The zero-order valence-electron chi connectivity index (χ0n) is 48.6. The first-order valence-electron chi connectivity index (χ1n) is 28.6. The molecule has 3 aliphatic rings. The zero-order chi connectivity index (χ0) is 61.5. The Morgan fingerprint density at radius 1 is 0.422 bits per heavy atom. The van der Waals surface area contributed by atoms with E-state index in [4.69, 9.17) is 42.6 Å². The summed E-state index contributed by atoms with van der Waals surface area (Å²) in [6.45, 7) is 6.70. The fourth-order valence-electron chi connectivity index (χ4n) is 9.41. The Bertz CT molecular complexity index is 1690. The second-order valence-electron chi connectivity index (χ2n) is 21.8. The highest BCUT2D eigenvalue weighted by molar-refractivity contribution is 5.79. The molecule has 30 nitrogen and oxygen atoms in total. The number of rotatable bonds is 41. The average molecular weight is 1200 g/mol. The number of hydrogen-bond acceptors (Lipinski definition) is 24. The minimum atomic E-state index is -1.26. The van der Waals surface area contributed by atoms with Crippen LogP contribution in [0.5, 0.6) is 0 Å². The van der Waals surface area contributed by atoms with E-state index >= 15 is 0 Å². The number of aliphatic hydroxyl groups is 9. The lowest BCUT2D eigenvalue weighted by Gasteiger charge is -2.40. The van der Waals surface area contributed by atoms with E-state index in [1.54, 1.807) is 20.8 Å². The van der Waals surface area contributed by atoms with Gasteiger partial charge in [-0.15, -0.1) is 0 Å². The predicted molar refractivity (Wildman–Crippen MR) is 289 cm³/mol.